The average molecular weight is 231 g/mol. The van der Waals surface area contributed by atoms with Crippen molar-refractivity contribution in [2.45, 2.75) is 33.2 Å². The van der Waals surface area contributed by atoms with Gasteiger partial charge in [-0.15, -0.1) is 0 Å². The van der Waals surface area contributed by atoms with Gasteiger partial charge in [0.1, 0.15) is 6.04 Å². The van der Waals surface area contributed by atoms with Crippen LogP contribution in [0.2, 0.25) is 0 Å². The molecule has 0 aliphatic rings. The molecule has 16 heavy (non-hydrogen) atoms. The van der Waals surface area contributed by atoms with Gasteiger partial charge in [0.05, 0.1) is 12.5 Å². The molecule has 0 radical (unpaired) electrons. The van der Waals surface area contributed by atoms with Crippen molar-refractivity contribution in [3.8, 4) is 0 Å². The van der Waals surface area contributed by atoms with Crippen LogP contribution in [0, 0.1) is 11.8 Å². The monoisotopic (exact) mass is 231 g/mol. The molecule has 5 nitrogen and oxygen atoms in total. The van der Waals surface area contributed by atoms with Gasteiger partial charge in [0, 0.05) is 7.11 Å². The number of ether oxygens (including phenoxy) is 1. The molecule has 2 atom stereocenters. The number of carboxylic acid groups (broad SMARTS) is 1. The number of aliphatic carboxylic acids is 1. The molecule has 0 heterocycles. The molecule has 0 aromatic heterocycles. The topological polar surface area (TPSA) is 75.6 Å². The Morgan fingerprint density at radius 2 is 1.88 bits per heavy atom. The number of methoxy groups -OCH3 is 1. The maximum atomic E-state index is 11.6. The Morgan fingerprint density at radius 3 is 2.25 bits per heavy atom. The summed E-state index contributed by atoms with van der Waals surface area (Å²) < 4.78 is 4.84. The normalized spacial score (nSPS) is 14.6. The van der Waals surface area contributed by atoms with Crippen LogP contribution in [0.3, 0.4) is 0 Å². The largest absolute Gasteiger partial charge is 0.480 e. The van der Waals surface area contributed by atoms with Gasteiger partial charge in [0.2, 0.25) is 5.91 Å². The third-order valence-electron chi connectivity index (χ3n) is 2.19. The van der Waals surface area contributed by atoms with Crippen molar-refractivity contribution in [1.82, 2.24) is 5.32 Å². The summed E-state index contributed by atoms with van der Waals surface area (Å²) in [4.78, 5) is 22.5. The Hall–Kier alpha value is -1.10. The Labute approximate surface area is 96.2 Å². The molecule has 0 aliphatic carbocycles. The number of rotatable bonds is 7. The standard InChI is InChI=1S/C11H21NO4/c1-7(2)5-9(11(14)15)12-10(13)8(3)6-16-4/h7-9H,5-6H2,1-4H3,(H,12,13)(H,14,15). The first kappa shape index (κ1) is 14.9. The maximum Gasteiger partial charge on any atom is 0.326 e. The molecule has 94 valence electrons. The van der Waals surface area contributed by atoms with E-state index in [1.54, 1.807) is 6.92 Å². The summed E-state index contributed by atoms with van der Waals surface area (Å²) in [6.45, 7) is 5.83. The maximum absolute atomic E-state index is 11.6. The Bertz CT molecular complexity index is 240. The predicted octanol–water partition coefficient (Wildman–Crippen LogP) is 0.884. The molecular formula is C11H21NO4. The summed E-state index contributed by atoms with van der Waals surface area (Å²) in [6, 6.07) is -0.813. The van der Waals surface area contributed by atoms with Crippen LogP contribution < -0.4 is 5.32 Å². The number of nitrogens with one attached hydrogen (secondary N) is 1. The molecule has 1 amide bonds. The molecule has 5 heteroatoms. The zero-order valence-corrected chi connectivity index (χ0v) is 10.3. The lowest BCUT2D eigenvalue weighted by atomic mass is 10.0. The minimum atomic E-state index is -0.994. The molecule has 0 saturated carbocycles. The lowest BCUT2D eigenvalue weighted by Crippen LogP contribution is -2.44. The van der Waals surface area contributed by atoms with Crippen LogP contribution in [0.15, 0.2) is 0 Å². The van der Waals surface area contributed by atoms with Crippen molar-refractivity contribution in [3.63, 3.8) is 0 Å². The Morgan fingerprint density at radius 1 is 1.31 bits per heavy atom. The van der Waals surface area contributed by atoms with Gasteiger partial charge in [0.15, 0.2) is 0 Å². The molecule has 0 aliphatic heterocycles. The second-order valence-corrected chi connectivity index (χ2v) is 4.39. The summed E-state index contributed by atoms with van der Waals surface area (Å²) in [5.74, 6) is -1.39. The van der Waals surface area contributed by atoms with E-state index in [0.29, 0.717) is 13.0 Å². The van der Waals surface area contributed by atoms with Crippen molar-refractivity contribution < 1.29 is 19.4 Å². The van der Waals surface area contributed by atoms with E-state index in [1.807, 2.05) is 13.8 Å². The first-order valence-corrected chi connectivity index (χ1v) is 5.40. The number of hydrogen-bond acceptors (Lipinski definition) is 3. The summed E-state index contributed by atoms with van der Waals surface area (Å²) >= 11 is 0. The smallest absolute Gasteiger partial charge is 0.326 e. The molecular weight excluding hydrogens is 210 g/mol. The van der Waals surface area contributed by atoms with Crippen LogP contribution in [-0.4, -0.2) is 36.7 Å². The van der Waals surface area contributed by atoms with Crippen LogP contribution in [0.5, 0.6) is 0 Å². The fraction of sp³-hybridized carbons (Fsp3) is 0.818. The molecule has 2 unspecified atom stereocenters. The predicted molar refractivity (Wildman–Crippen MR) is 60.1 cm³/mol. The van der Waals surface area contributed by atoms with Crippen molar-refractivity contribution >= 4 is 11.9 Å². The highest BCUT2D eigenvalue weighted by molar-refractivity contribution is 5.84. The van der Waals surface area contributed by atoms with E-state index < -0.39 is 12.0 Å². The van der Waals surface area contributed by atoms with Crippen LogP contribution in [-0.2, 0) is 14.3 Å². The summed E-state index contributed by atoms with van der Waals surface area (Å²) in [7, 11) is 1.51. The number of hydrogen-bond donors (Lipinski definition) is 2. The van der Waals surface area contributed by atoms with Crippen molar-refractivity contribution in [1.29, 1.82) is 0 Å². The zero-order valence-electron chi connectivity index (χ0n) is 10.3. The second-order valence-electron chi connectivity index (χ2n) is 4.39. The Balaban J connectivity index is 4.28. The average Bonchev–Trinajstić information content (AvgIpc) is 2.16. The molecule has 2 N–H and O–H groups in total. The van der Waals surface area contributed by atoms with Crippen LogP contribution >= 0.6 is 0 Å². The lowest BCUT2D eigenvalue weighted by molar-refractivity contribution is -0.143. The minimum Gasteiger partial charge on any atom is -0.480 e. The van der Waals surface area contributed by atoms with Gasteiger partial charge in [-0.05, 0) is 12.3 Å². The number of carboxylic acids is 1. The number of carbonyl (C=O) groups excluding carboxylic acids is 1. The van der Waals surface area contributed by atoms with Crippen LogP contribution in [0.1, 0.15) is 27.2 Å². The van der Waals surface area contributed by atoms with E-state index in [0.717, 1.165) is 0 Å². The van der Waals surface area contributed by atoms with Crippen molar-refractivity contribution in [2.24, 2.45) is 11.8 Å². The van der Waals surface area contributed by atoms with Gasteiger partial charge < -0.3 is 15.2 Å². The third kappa shape index (κ3) is 5.70. The van der Waals surface area contributed by atoms with E-state index in [2.05, 4.69) is 5.32 Å². The van der Waals surface area contributed by atoms with E-state index in [1.165, 1.54) is 7.11 Å². The van der Waals surface area contributed by atoms with Gasteiger partial charge in [-0.1, -0.05) is 20.8 Å². The van der Waals surface area contributed by atoms with E-state index in [-0.39, 0.29) is 17.7 Å². The van der Waals surface area contributed by atoms with Crippen molar-refractivity contribution in [2.75, 3.05) is 13.7 Å². The third-order valence-corrected chi connectivity index (χ3v) is 2.19. The minimum absolute atomic E-state index is 0.221. The molecule has 0 bridgehead atoms. The molecule has 0 aromatic carbocycles. The van der Waals surface area contributed by atoms with Gasteiger partial charge in [0.25, 0.3) is 0 Å². The highest BCUT2D eigenvalue weighted by atomic mass is 16.5. The Kier molecular flexibility index (Phi) is 6.72. The SMILES string of the molecule is COCC(C)C(=O)NC(CC(C)C)C(=O)O. The zero-order chi connectivity index (χ0) is 12.7. The molecule has 0 saturated heterocycles. The number of amides is 1. The lowest BCUT2D eigenvalue weighted by Gasteiger charge is -2.18. The summed E-state index contributed by atoms with van der Waals surface area (Å²) in [5, 5.41) is 11.5. The molecule has 0 fully saturated rings. The van der Waals surface area contributed by atoms with Crippen molar-refractivity contribution in [3.05, 3.63) is 0 Å². The quantitative estimate of drug-likeness (QED) is 0.682. The van der Waals surface area contributed by atoms with E-state index >= 15 is 0 Å². The van der Waals surface area contributed by atoms with Gasteiger partial charge >= 0.3 is 5.97 Å². The van der Waals surface area contributed by atoms with Crippen LogP contribution in [0.25, 0.3) is 0 Å². The van der Waals surface area contributed by atoms with Gasteiger partial charge in [-0.2, -0.15) is 0 Å². The summed E-state index contributed by atoms with van der Waals surface area (Å²) in [5.41, 5.74) is 0. The molecule has 0 rings (SSSR count). The van der Waals surface area contributed by atoms with Gasteiger partial charge in [-0.25, -0.2) is 4.79 Å². The second kappa shape index (κ2) is 7.22. The highest BCUT2D eigenvalue weighted by Gasteiger charge is 2.23. The summed E-state index contributed by atoms with van der Waals surface area (Å²) in [6.07, 6.45) is 0.431. The fourth-order valence-corrected chi connectivity index (χ4v) is 1.33. The fourth-order valence-electron chi connectivity index (χ4n) is 1.33. The molecule has 0 aromatic rings. The first-order chi connectivity index (χ1) is 7.38. The van der Waals surface area contributed by atoms with E-state index in [9.17, 15) is 9.59 Å². The first-order valence-electron chi connectivity index (χ1n) is 5.40. The van der Waals surface area contributed by atoms with Gasteiger partial charge in [-0.3, -0.25) is 4.79 Å². The molecule has 0 spiro atoms. The van der Waals surface area contributed by atoms with E-state index in [4.69, 9.17) is 9.84 Å². The van der Waals surface area contributed by atoms with Crippen LogP contribution in [0.4, 0.5) is 0 Å². The highest BCUT2D eigenvalue weighted by Crippen LogP contribution is 2.06. The number of carbonyl (C=O) groups is 2.